The maximum Gasteiger partial charge on any atom is 0.225 e. The summed E-state index contributed by atoms with van der Waals surface area (Å²) < 4.78 is 16.4. The Hall–Kier alpha value is -3.48. The first kappa shape index (κ1) is 26.6. The number of methoxy groups -OCH3 is 3. The van der Waals surface area contributed by atoms with Gasteiger partial charge >= 0.3 is 0 Å². The first-order valence-corrected chi connectivity index (χ1v) is 13.2. The quantitative estimate of drug-likeness (QED) is 0.323. The van der Waals surface area contributed by atoms with Gasteiger partial charge in [0.05, 0.1) is 32.5 Å². The number of aromatic nitrogens is 1. The molecule has 0 bridgehead atoms. The number of hydrogen-bond acceptors (Lipinski definition) is 6. The van der Waals surface area contributed by atoms with E-state index in [-0.39, 0.29) is 17.9 Å². The van der Waals surface area contributed by atoms with E-state index in [1.54, 1.807) is 21.3 Å². The van der Waals surface area contributed by atoms with Crippen LogP contribution < -0.4 is 19.5 Å². The van der Waals surface area contributed by atoms with Crippen molar-refractivity contribution in [2.24, 2.45) is 5.92 Å². The highest BCUT2D eigenvalue weighted by Crippen LogP contribution is 2.31. The fourth-order valence-electron chi connectivity index (χ4n) is 5.22. The molecule has 0 saturated heterocycles. The summed E-state index contributed by atoms with van der Waals surface area (Å²) in [5, 5.41) is 4.66. The highest BCUT2D eigenvalue weighted by Gasteiger charge is 2.27. The van der Waals surface area contributed by atoms with Crippen molar-refractivity contribution in [3.05, 3.63) is 54.2 Å². The van der Waals surface area contributed by atoms with Crippen molar-refractivity contribution in [1.29, 1.82) is 0 Å². The number of benzene rings is 2. The van der Waals surface area contributed by atoms with E-state index >= 15 is 0 Å². The van der Waals surface area contributed by atoms with E-state index in [0.29, 0.717) is 24.6 Å². The number of anilines is 1. The van der Waals surface area contributed by atoms with Crippen LogP contribution in [0.3, 0.4) is 0 Å². The second kappa shape index (κ2) is 12.7. The molecule has 0 spiro atoms. The molecule has 37 heavy (non-hydrogen) atoms. The molecular weight excluding hydrogens is 466 g/mol. The van der Waals surface area contributed by atoms with Gasteiger partial charge in [-0.2, -0.15) is 0 Å². The Kier molecular flexibility index (Phi) is 9.09. The topological polar surface area (TPSA) is 72.9 Å². The third-order valence-corrected chi connectivity index (χ3v) is 7.22. The highest BCUT2D eigenvalue weighted by molar-refractivity contribution is 5.91. The van der Waals surface area contributed by atoms with Crippen molar-refractivity contribution in [3.63, 3.8) is 0 Å². The molecule has 7 heteroatoms. The van der Waals surface area contributed by atoms with Crippen LogP contribution in [0.4, 0.5) is 5.69 Å². The van der Waals surface area contributed by atoms with Crippen molar-refractivity contribution in [2.45, 2.75) is 58.0 Å². The molecule has 3 aromatic rings. The molecule has 0 radical (unpaired) electrons. The van der Waals surface area contributed by atoms with Crippen LogP contribution >= 0.6 is 0 Å². The number of pyridine rings is 1. The third-order valence-electron chi connectivity index (χ3n) is 7.22. The molecule has 1 aliphatic rings. The lowest BCUT2D eigenvalue weighted by molar-refractivity contribution is -0.136. The van der Waals surface area contributed by atoms with Crippen molar-refractivity contribution in [2.75, 3.05) is 33.2 Å². The highest BCUT2D eigenvalue weighted by atomic mass is 16.5. The number of carbonyl (C=O) groups is 1. The SMILES string of the molecule is COc1cc(NC(C)CCCN(Cc2ccc(OC)c(OC)c2)C(=O)C2CCCC2)c2ncccc2c1. The number of ether oxygens (including phenoxy) is 3. The van der Waals surface area contributed by atoms with E-state index in [2.05, 4.69) is 17.2 Å². The average Bonchev–Trinajstić information content (AvgIpc) is 3.47. The van der Waals surface area contributed by atoms with Gasteiger partial charge in [-0.25, -0.2) is 0 Å². The summed E-state index contributed by atoms with van der Waals surface area (Å²) in [6.07, 6.45) is 7.91. The lowest BCUT2D eigenvalue weighted by Gasteiger charge is -2.27. The monoisotopic (exact) mass is 505 g/mol. The molecule has 1 fully saturated rings. The molecule has 1 aromatic heterocycles. The number of amides is 1. The van der Waals surface area contributed by atoms with Gasteiger partial charge in [0.25, 0.3) is 0 Å². The van der Waals surface area contributed by atoms with Crippen LogP contribution in [0.5, 0.6) is 17.2 Å². The number of fused-ring (bicyclic) bond motifs is 1. The number of nitrogens with zero attached hydrogens (tertiary/aromatic N) is 2. The van der Waals surface area contributed by atoms with Crippen LogP contribution in [0.2, 0.25) is 0 Å². The second-order valence-electron chi connectivity index (χ2n) is 9.87. The molecule has 1 saturated carbocycles. The van der Waals surface area contributed by atoms with Crippen molar-refractivity contribution < 1.29 is 19.0 Å². The first-order valence-electron chi connectivity index (χ1n) is 13.2. The second-order valence-corrected chi connectivity index (χ2v) is 9.87. The van der Waals surface area contributed by atoms with E-state index < -0.39 is 0 Å². The predicted octanol–water partition coefficient (Wildman–Crippen LogP) is 6.06. The zero-order valence-electron chi connectivity index (χ0n) is 22.5. The Morgan fingerprint density at radius 3 is 2.57 bits per heavy atom. The number of carbonyl (C=O) groups excluding carboxylic acids is 1. The smallest absolute Gasteiger partial charge is 0.225 e. The number of hydrogen-bond donors (Lipinski definition) is 1. The summed E-state index contributed by atoms with van der Waals surface area (Å²) in [5.41, 5.74) is 2.94. The zero-order chi connectivity index (χ0) is 26.2. The van der Waals surface area contributed by atoms with Crippen LogP contribution in [0, 0.1) is 5.92 Å². The molecule has 1 amide bonds. The van der Waals surface area contributed by atoms with E-state index in [1.807, 2.05) is 53.6 Å². The summed E-state index contributed by atoms with van der Waals surface area (Å²) in [6, 6.07) is 14.1. The van der Waals surface area contributed by atoms with Gasteiger partial charge in [-0.3, -0.25) is 9.78 Å². The Morgan fingerprint density at radius 2 is 1.84 bits per heavy atom. The Labute approximate surface area is 220 Å². The minimum Gasteiger partial charge on any atom is -0.497 e. The van der Waals surface area contributed by atoms with Crippen LogP contribution in [-0.2, 0) is 11.3 Å². The average molecular weight is 506 g/mol. The van der Waals surface area contributed by atoms with Gasteiger partial charge in [0, 0.05) is 42.7 Å². The zero-order valence-corrected chi connectivity index (χ0v) is 22.5. The fourth-order valence-corrected chi connectivity index (χ4v) is 5.22. The maximum atomic E-state index is 13.4. The molecule has 0 aliphatic heterocycles. The first-order chi connectivity index (χ1) is 18.0. The van der Waals surface area contributed by atoms with Gasteiger partial charge in [-0.1, -0.05) is 25.0 Å². The minimum atomic E-state index is 0.143. The fraction of sp³-hybridized carbons (Fsp3) is 0.467. The summed E-state index contributed by atoms with van der Waals surface area (Å²) >= 11 is 0. The predicted molar refractivity (Wildman–Crippen MR) is 148 cm³/mol. The molecule has 4 rings (SSSR count). The van der Waals surface area contributed by atoms with Gasteiger partial charge in [0.1, 0.15) is 5.75 Å². The summed E-state index contributed by atoms with van der Waals surface area (Å²) in [4.78, 5) is 20.0. The third kappa shape index (κ3) is 6.64. The molecule has 1 unspecified atom stereocenters. The molecule has 1 N–H and O–H groups in total. The Balaban J connectivity index is 1.42. The van der Waals surface area contributed by atoms with Crippen LogP contribution in [0.25, 0.3) is 10.9 Å². The number of nitrogens with one attached hydrogen (secondary N) is 1. The van der Waals surface area contributed by atoms with Gasteiger partial charge in [0.2, 0.25) is 5.91 Å². The standard InChI is InChI=1S/C30H39N3O4/c1-21(32-26-19-25(35-2)18-24-12-7-15-31-29(24)26)9-8-16-33(30(34)23-10-5-6-11-23)20-22-13-14-27(36-3)28(17-22)37-4/h7,12-15,17-19,21,23,32H,5-6,8-11,16,20H2,1-4H3. The Morgan fingerprint density at radius 1 is 1.05 bits per heavy atom. The van der Waals surface area contributed by atoms with Crippen molar-refractivity contribution in [3.8, 4) is 17.2 Å². The lowest BCUT2D eigenvalue weighted by atomic mass is 10.0. The largest absolute Gasteiger partial charge is 0.497 e. The summed E-state index contributed by atoms with van der Waals surface area (Å²) in [6.45, 7) is 3.46. The van der Waals surface area contributed by atoms with E-state index in [1.165, 1.54) is 0 Å². The van der Waals surface area contributed by atoms with Crippen molar-refractivity contribution >= 4 is 22.5 Å². The van der Waals surface area contributed by atoms with E-state index in [9.17, 15) is 4.79 Å². The molecule has 1 aliphatic carbocycles. The number of rotatable bonds is 12. The molecule has 2 aromatic carbocycles. The minimum absolute atomic E-state index is 0.143. The van der Waals surface area contributed by atoms with Gasteiger partial charge in [0.15, 0.2) is 11.5 Å². The van der Waals surface area contributed by atoms with Gasteiger partial charge in [-0.15, -0.1) is 0 Å². The van der Waals surface area contributed by atoms with E-state index in [0.717, 1.165) is 66.4 Å². The molecule has 1 atom stereocenters. The van der Waals surface area contributed by atoms with Crippen LogP contribution in [0.15, 0.2) is 48.7 Å². The normalized spacial score (nSPS) is 14.4. The van der Waals surface area contributed by atoms with E-state index in [4.69, 9.17) is 14.2 Å². The maximum absolute atomic E-state index is 13.4. The van der Waals surface area contributed by atoms with Gasteiger partial charge < -0.3 is 24.4 Å². The molecule has 7 nitrogen and oxygen atoms in total. The summed E-state index contributed by atoms with van der Waals surface area (Å²) in [7, 11) is 4.95. The lowest BCUT2D eigenvalue weighted by Crippen LogP contribution is -2.36. The molecular formula is C30H39N3O4. The molecule has 198 valence electrons. The molecule has 1 heterocycles. The van der Waals surface area contributed by atoms with Crippen LogP contribution in [0.1, 0.15) is 51.0 Å². The Bertz CT molecular complexity index is 1190. The van der Waals surface area contributed by atoms with Gasteiger partial charge in [-0.05, 0) is 62.4 Å². The van der Waals surface area contributed by atoms with Crippen molar-refractivity contribution in [1.82, 2.24) is 9.88 Å². The van der Waals surface area contributed by atoms with Crippen LogP contribution in [-0.4, -0.2) is 49.7 Å². The summed E-state index contributed by atoms with van der Waals surface area (Å²) in [5.74, 6) is 2.60.